The fourth-order valence-electron chi connectivity index (χ4n) is 1.93. The van der Waals surface area contributed by atoms with E-state index in [-0.39, 0.29) is 23.5 Å². The van der Waals surface area contributed by atoms with Crippen molar-refractivity contribution in [3.8, 4) is 0 Å². The molecular formula is C13H9N5O4. The number of azide groups is 1. The summed E-state index contributed by atoms with van der Waals surface area (Å²) in [6.45, 7) is 0. The maximum Gasteiger partial charge on any atom is 0.269 e. The topological polar surface area (TPSA) is 135 Å². The summed E-state index contributed by atoms with van der Waals surface area (Å²) >= 11 is 0. The molecular weight excluding hydrogens is 290 g/mol. The molecule has 0 bridgehead atoms. The van der Waals surface area contributed by atoms with E-state index in [4.69, 9.17) is 5.53 Å². The van der Waals surface area contributed by atoms with E-state index < -0.39 is 9.85 Å². The van der Waals surface area contributed by atoms with Crippen LogP contribution >= 0.6 is 0 Å². The van der Waals surface area contributed by atoms with Crippen LogP contribution in [0, 0.1) is 20.2 Å². The minimum atomic E-state index is -0.542. The van der Waals surface area contributed by atoms with Crippen LogP contribution in [-0.4, -0.2) is 9.85 Å². The first kappa shape index (κ1) is 14.9. The maximum absolute atomic E-state index is 10.8. The number of non-ortho nitro benzene ring substituents is 2. The maximum atomic E-state index is 10.8. The molecule has 9 nitrogen and oxygen atoms in total. The second-order valence-electron chi connectivity index (χ2n) is 4.36. The first-order chi connectivity index (χ1) is 10.5. The van der Waals surface area contributed by atoms with Crippen LogP contribution in [0.5, 0.6) is 0 Å². The van der Waals surface area contributed by atoms with Gasteiger partial charge in [0, 0.05) is 34.9 Å². The van der Waals surface area contributed by atoms with Crippen molar-refractivity contribution >= 4 is 17.1 Å². The van der Waals surface area contributed by atoms with Crippen molar-refractivity contribution in [1.29, 1.82) is 0 Å². The number of nitrogens with zero attached hydrogens (tertiary/aromatic N) is 5. The van der Waals surface area contributed by atoms with E-state index in [0.717, 1.165) is 0 Å². The van der Waals surface area contributed by atoms with Crippen LogP contribution in [0.2, 0.25) is 0 Å². The molecule has 0 aliphatic rings. The van der Waals surface area contributed by atoms with E-state index in [1.54, 1.807) is 12.1 Å². The Labute approximate surface area is 123 Å². The lowest BCUT2D eigenvalue weighted by Crippen LogP contribution is -1.94. The highest BCUT2D eigenvalue weighted by atomic mass is 16.6. The third-order valence-corrected chi connectivity index (χ3v) is 2.97. The first-order valence-electron chi connectivity index (χ1n) is 6.07. The molecule has 2 aromatic rings. The quantitative estimate of drug-likeness (QED) is 0.270. The number of hydrogen-bond acceptors (Lipinski definition) is 5. The minimum absolute atomic E-state index is 0.0435. The Balaban J connectivity index is 2.37. The molecule has 2 aromatic carbocycles. The van der Waals surface area contributed by atoms with Crippen molar-refractivity contribution in [1.82, 2.24) is 0 Å². The highest BCUT2D eigenvalue weighted by molar-refractivity contribution is 5.54. The molecule has 9 heteroatoms. The third kappa shape index (κ3) is 3.35. The van der Waals surface area contributed by atoms with Crippen LogP contribution in [0.15, 0.2) is 47.6 Å². The van der Waals surface area contributed by atoms with Crippen molar-refractivity contribution in [3.05, 3.63) is 84.3 Å². The average molecular weight is 299 g/mol. The van der Waals surface area contributed by atoms with Crippen molar-refractivity contribution < 1.29 is 9.85 Å². The Morgan fingerprint density at radius 3 is 2.14 bits per heavy atom. The monoisotopic (exact) mass is 299 g/mol. The van der Waals surface area contributed by atoms with Crippen LogP contribution in [0.25, 0.3) is 10.4 Å². The molecule has 0 heterocycles. The number of nitro groups is 2. The molecule has 0 aliphatic heterocycles. The minimum Gasteiger partial charge on any atom is -0.258 e. The second kappa shape index (κ2) is 6.33. The molecule has 0 aliphatic carbocycles. The Bertz CT molecular complexity index is 782. The molecule has 0 fully saturated rings. The van der Waals surface area contributed by atoms with E-state index in [9.17, 15) is 20.2 Å². The first-order valence-corrected chi connectivity index (χ1v) is 6.07. The van der Waals surface area contributed by atoms with Gasteiger partial charge in [-0.2, -0.15) is 0 Å². The Kier molecular flexibility index (Phi) is 4.30. The van der Waals surface area contributed by atoms with E-state index in [1.165, 1.54) is 30.3 Å². The van der Waals surface area contributed by atoms with Crippen molar-refractivity contribution in [2.45, 2.75) is 6.42 Å². The van der Waals surface area contributed by atoms with Gasteiger partial charge in [-0.25, -0.2) is 0 Å². The lowest BCUT2D eigenvalue weighted by atomic mass is 10.0. The molecule has 0 unspecified atom stereocenters. The van der Waals surface area contributed by atoms with Crippen LogP contribution in [0.4, 0.5) is 17.1 Å². The number of nitro benzene ring substituents is 2. The van der Waals surface area contributed by atoms with Crippen molar-refractivity contribution in [3.63, 3.8) is 0 Å². The summed E-state index contributed by atoms with van der Waals surface area (Å²) in [7, 11) is 0. The predicted octanol–water partition coefficient (Wildman–Crippen LogP) is 4.04. The van der Waals surface area contributed by atoms with Crippen LogP contribution in [-0.2, 0) is 6.42 Å². The van der Waals surface area contributed by atoms with E-state index >= 15 is 0 Å². The zero-order chi connectivity index (χ0) is 16.1. The average Bonchev–Trinajstić information content (AvgIpc) is 2.49. The summed E-state index contributed by atoms with van der Waals surface area (Å²) in [5.41, 5.74) is 9.84. The molecule has 22 heavy (non-hydrogen) atoms. The Morgan fingerprint density at radius 2 is 1.59 bits per heavy atom. The van der Waals surface area contributed by atoms with Gasteiger partial charge in [-0.05, 0) is 29.1 Å². The van der Waals surface area contributed by atoms with Gasteiger partial charge >= 0.3 is 0 Å². The molecule has 0 radical (unpaired) electrons. The summed E-state index contributed by atoms with van der Waals surface area (Å²) in [4.78, 5) is 23.1. The number of benzene rings is 2. The Morgan fingerprint density at radius 1 is 1.00 bits per heavy atom. The van der Waals surface area contributed by atoms with E-state index in [0.29, 0.717) is 11.1 Å². The van der Waals surface area contributed by atoms with Crippen LogP contribution < -0.4 is 0 Å². The van der Waals surface area contributed by atoms with Gasteiger partial charge in [-0.3, -0.25) is 20.2 Å². The van der Waals surface area contributed by atoms with E-state index in [1.807, 2.05) is 0 Å². The van der Waals surface area contributed by atoms with Gasteiger partial charge in [0.1, 0.15) is 0 Å². The van der Waals surface area contributed by atoms with Crippen molar-refractivity contribution in [2.75, 3.05) is 0 Å². The smallest absolute Gasteiger partial charge is 0.258 e. The zero-order valence-electron chi connectivity index (χ0n) is 11.1. The zero-order valence-corrected chi connectivity index (χ0v) is 11.1. The third-order valence-electron chi connectivity index (χ3n) is 2.97. The largest absolute Gasteiger partial charge is 0.269 e. The number of rotatable bonds is 5. The molecule has 0 spiro atoms. The van der Waals surface area contributed by atoms with Gasteiger partial charge < -0.3 is 0 Å². The molecule has 110 valence electrons. The summed E-state index contributed by atoms with van der Waals surface area (Å²) < 4.78 is 0. The lowest BCUT2D eigenvalue weighted by Gasteiger charge is -2.05. The lowest BCUT2D eigenvalue weighted by molar-refractivity contribution is -0.385. The van der Waals surface area contributed by atoms with Gasteiger partial charge in [0.15, 0.2) is 0 Å². The highest BCUT2D eigenvalue weighted by Gasteiger charge is 2.11. The fourth-order valence-corrected chi connectivity index (χ4v) is 1.93. The molecule has 0 atom stereocenters. The summed E-state index contributed by atoms with van der Waals surface area (Å²) in [5, 5.41) is 24.9. The standard InChI is InChI=1S/C13H9N5O4/c14-16-15-13-6-5-12(18(21)22)8-10(13)7-9-1-3-11(4-2-9)17(19)20/h1-6,8H,7H2. The van der Waals surface area contributed by atoms with Gasteiger partial charge in [0.05, 0.1) is 9.85 Å². The van der Waals surface area contributed by atoms with E-state index in [2.05, 4.69) is 10.0 Å². The van der Waals surface area contributed by atoms with Crippen LogP contribution in [0.3, 0.4) is 0 Å². The molecule has 0 amide bonds. The molecule has 0 saturated heterocycles. The van der Waals surface area contributed by atoms with Gasteiger partial charge in [-0.15, -0.1) is 0 Å². The second-order valence-corrected chi connectivity index (χ2v) is 4.36. The molecule has 0 saturated carbocycles. The fraction of sp³-hybridized carbons (Fsp3) is 0.0769. The molecule has 0 N–H and O–H groups in total. The molecule has 0 aromatic heterocycles. The highest BCUT2D eigenvalue weighted by Crippen LogP contribution is 2.27. The van der Waals surface area contributed by atoms with Gasteiger partial charge in [0.25, 0.3) is 11.4 Å². The summed E-state index contributed by atoms with van der Waals surface area (Å²) in [5.74, 6) is 0. The predicted molar refractivity (Wildman–Crippen MR) is 77.8 cm³/mol. The normalized spacial score (nSPS) is 9.82. The van der Waals surface area contributed by atoms with Gasteiger partial charge in [-0.1, -0.05) is 17.2 Å². The van der Waals surface area contributed by atoms with Gasteiger partial charge in [0.2, 0.25) is 0 Å². The summed E-state index contributed by atoms with van der Waals surface area (Å²) in [6.07, 6.45) is 0.258. The van der Waals surface area contributed by atoms with Crippen molar-refractivity contribution in [2.24, 2.45) is 5.11 Å². The Hall–Kier alpha value is -3.45. The number of hydrogen-bond donors (Lipinski definition) is 0. The van der Waals surface area contributed by atoms with Crippen LogP contribution in [0.1, 0.15) is 11.1 Å². The molecule has 2 rings (SSSR count). The SMILES string of the molecule is [N-]=[N+]=Nc1ccc([N+](=O)[O-])cc1Cc1ccc([N+](=O)[O-])cc1. The summed E-state index contributed by atoms with van der Waals surface area (Å²) in [6, 6.07) is 9.75.